The summed E-state index contributed by atoms with van der Waals surface area (Å²) in [5.74, 6) is 1.02. The van der Waals surface area contributed by atoms with Gasteiger partial charge in [0.2, 0.25) is 0 Å². The summed E-state index contributed by atoms with van der Waals surface area (Å²) in [5.41, 5.74) is 1.03. The van der Waals surface area contributed by atoms with Gasteiger partial charge in [-0.2, -0.15) is 0 Å². The number of ether oxygens (including phenoxy) is 2. The lowest BCUT2D eigenvalue weighted by molar-refractivity contribution is -0.128. The van der Waals surface area contributed by atoms with E-state index >= 15 is 0 Å². The van der Waals surface area contributed by atoms with Crippen LogP contribution in [-0.2, 0) is 16.1 Å². The van der Waals surface area contributed by atoms with Gasteiger partial charge in [0.05, 0.1) is 13.7 Å². The number of hydrogen-bond acceptors (Lipinski definition) is 5. The Labute approximate surface area is 139 Å². The first-order chi connectivity index (χ1) is 11.2. The number of carbonyl (C=O) groups excluding carboxylic acids is 1. The van der Waals surface area contributed by atoms with Crippen molar-refractivity contribution in [3.8, 4) is 5.75 Å². The predicted octanol–water partition coefficient (Wildman–Crippen LogP) is 3.11. The number of nitrogens with zero attached hydrogens (tertiary/aromatic N) is 2. The molecular formula is C17H20N2O3S. The Balaban J connectivity index is 1.82. The quantitative estimate of drug-likeness (QED) is 0.844. The molecule has 0 radical (unpaired) electrons. The topological polar surface area (TPSA) is 51.7 Å². The summed E-state index contributed by atoms with van der Waals surface area (Å²) in [5, 5.41) is 2.58. The molecule has 2 aromatic rings. The third-order valence-electron chi connectivity index (χ3n) is 4.05. The fourth-order valence-corrected chi connectivity index (χ4v) is 3.31. The molecule has 1 amide bonds. The number of aromatic nitrogens is 1. The summed E-state index contributed by atoms with van der Waals surface area (Å²) >= 11 is 1.46. The molecule has 1 aromatic heterocycles. The summed E-state index contributed by atoms with van der Waals surface area (Å²) in [6, 6.07) is 7.72. The molecule has 5 nitrogen and oxygen atoms in total. The van der Waals surface area contributed by atoms with Crippen molar-refractivity contribution in [1.29, 1.82) is 0 Å². The smallest absolute Gasteiger partial charge is 0.258 e. The number of rotatable bonds is 5. The van der Waals surface area contributed by atoms with Crippen molar-refractivity contribution in [2.75, 3.05) is 18.6 Å². The Hall–Kier alpha value is -1.92. The average Bonchev–Trinajstić information content (AvgIpc) is 3.24. The molecule has 1 saturated heterocycles. The Morgan fingerprint density at radius 3 is 2.78 bits per heavy atom. The third-order valence-corrected chi connectivity index (χ3v) is 4.84. The van der Waals surface area contributed by atoms with Gasteiger partial charge in [0, 0.05) is 18.2 Å². The third kappa shape index (κ3) is 3.54. The van der Waals surface area contributed by atoms with Gasteiger partial charge >= 0.3 is 0 Å². The maximum Gasteiger partial charge on any atom is 0.258 e. The molecule has 122 valence electrons. The molecule has 0 bridgehead atoms. The van der Waals surface area contributed by atoms with E-state index < -0.39 is 0 Å². The lowest BCUT2D eigenvalue weighted by atomic mass is 10.0. The van der Waals surface area contributed by atoms with E-state index in [2.05, 4.69) is 11.9 Å². The second kappa shape index (κ2) is 7.10. The van der Waals surface area contributed by atoms with Crippen LogP contribution >= 0.6 is 11.3 Å². The zero-order valence-corrected chi connectivity index (χ0v) is 14.1. The van der Waals surface area contributed by atoms with E-state index in [0.29, 0.717) is 18.3 Å². The van der Waals surface area contributed by atoms with Crippen LogP contribution in [0.2, 0.25) is 0 Å². The zero-order valence-electron chi connectivity index (χ0n) is 13.3. The van der Waals surface area contributed by atoms with Crippen LogP contribution in [0, 0.1) is 5.92 Å². The first-order valence-electron chi connectivity index (χ1n) is 7.64. The lowest BCUT2D eigenvalue weighted by Crippen LogP contribution is -2.41. The maximum absolute atomic E-state index is 12.9. The Morgan fingerprint density at radius 2 is 2.22 bits per heavy atom. The number of methoxy groups -OCH3 is 1. The van der Waals surface area contributed by atoms with Gasteiger partial charge in [-0.05, 0) is 30.0 Å². The van der Waals surface area contributed by atoms with Crippen LogP contribution in [0.1, 0.15) is 18.9 Å². The second-order valence-corrected chi connectivity index (χ2v) is 6.52. The van der Waals surface area contributed by atoms with E-state index in [9.17, 15) is 4.79 Å². The average molecular weight is 332 g/mol. The van der Waals surface area contributed by atoms with Gasteiger partial charge in [0.1, 0.15) is 11.9 Å². The second-order valence-electron chi connectivity index (χ2n) is 5.64. The summed E-state index contributed by atoms with van der Waals surface area (Å²) in [6.07, 6.45) is 2.26. The summed E-state index contributed by atoms with van der Waals surface area (Å²) in [4.78, 5) is 19.0. The Morgan fingerprint density at radius 1 is 1.43 bits per heavy atom. The van der Waals surface area contributed by atoms with E-state index in [1.807, 2.05) is 29.6 Å². The molecule has 2 heterocycles. The SMILES string of the molecule is COc1ccc(CN(C(=O)C2OCCC2C)c2nccs2)cc1. The monoisotopic (exact) mass is 332 g/mol. The van der Waals surface area contributed by atoms with Crippen LogP contribution in [0.5, 0.6) is 5.75 Å². The van der Waals surface area contributed by atoms with Crippen molar-refractivity contribution < 1.29 is 14.3 Å². The van der Waals surface area contributed by atoms with Gasteiger partial charge in [0.15, 0.2) is 5.13 Å². The predicted molar refractivity (Wildman–Crippen MR) is 89.8 cm³/mol. The lowest BCUT2D eigenvalue weighted by Gasteiger charge is -2.24. The Bertz CT molecular complexity index is 642. The standard InChI is InChI=1S/C17H20N2O3S/c1-12-7-9-22-15(12)16(20)19(17-18-8-10-23-17)11-13-3-5-14(21-2)6-4-13/h3-6,8,10,12,15H,7,9,11H2,1-2H3. The number of carbonyl (C=O) groups is 1. The molecule has 0 spiro atoms. The van der Waals surface area contributed by atoms with Gasteiger partial charge < -0.3 is 9.47 Å². The van der Waals surface area contributed by atoms with E-state index in [4.69, 9.17) is 9.47 Å². The van der Waals surface area contributed by atoms with Crippen molar-refractivity contribution in [2.24, 2.45) is 5.92 Å². The molecule has 1 aromatic carbocycles. The molecule has 0 N–H and O–H groups in total. The first-order valence-corrected chi connectivity index (χ1v) is 8.52. The van der Waals surface area contributed by atoms with E-state index in [1.165, 1.54) is 11.3 Å². The zero-order chi connectivity index (χ0) is 16.2. The molecule has 1 fully saturated rings. The molecular weight excluding hydrogens is 312 g/mol. The number of anilines is 1. The van der Waals surface area contributed by atoms with Crippen molar-refractivity contribution in [3.05, 3.63) is 41.4 Å². The molecule has 1 aliphatic rings. The minimum absolute atomic E-state index is 0.0132. The van der Waals surface area contributed by atoms with Crippen LogP contribution in [0.25, 0.3) is 0 Å². The highest BCUT2D eigenvalue weighted by atomic mass is 32.1. The van der Waals surface area contributed by atoms with Gasteiger partial charge in [-0.25, -0.2) is 4.98 Å². The number of hydrogen-bond donors (Lipinski definition) is 0. The van der Waals surface area contributed by atoms with Crippen molar-refractivity contribution in [2.45, 2.75) is 26.0 Å². The summed E-state index contributed by atoms with van der Waals surface area (Å²) in [6.45, 7) is 3.18. The molecule has 3 rings (SSSR count). The molecule has 6 heteroatoms. The van der Waals surface area contributed by atoms with E-state index in [0.717, 1.165) is 17.7 Å². The van der Waals surface area contributed by atoms with Gasteiger partial charge in [-0.15, -0.1) is 11.3 Å². The van der Waals surface area contributed by atoms with E-state index in [1.54, 1.807) is 18.2 Å². The van der Waals surface area contributed by atoms with Crippen LogP contribution in [-0.4, -0.2) is 30.7 Å². The fourth-order valence-electron chi connectivity index (χ4n) is 2.67. The van der Waals surface area contributed by atoms with Crippen molar-refractivity contribution >= 4 is 22.4 Å². The number of thiazole rings is 1. The highest BCUT2D eigenvalue weighted by molar-refractivity contribution is 7.13. The van der Waals surface area contributed by atoms with Gasteiger partial charge in [0.25, 0.3) is 5.91 Å². The molecule has 0 aliphatic carbocycles. The summed E-state index contributed by atoms with van der Waals surface area (Å²) < 4.78 is 10.8. The maximum atomic E-state index is 12.9. The van der Waals surface area contributed by atoms with Crippen molar-refractivity contribution in [3.63, 3.8) is 0 Å². The molecule has 0 saturated carbocycles. The van der Waals surface area contributed by atoms with Crippen LogP contribution < -0.4 is 9.64 Å². The summed E-state index contributed by atoms with van der Waals surface area (Å²) in [7, 11) is 1.64. The van der Waals surface area contributed by atoms with Crippen LogP contribution in [0.3, 0.4) is 0 Å². The van der Waals surface area contributed by atoms with Crippen molar-refractivity contribution in [1.82, 2.24) is 4.98 Å². The Kier molecular flexibility index (Phi) is 4.93. The molecule has 2 unspecified atom stereocenters. The minimum Gasteiger partial charge on any atom is -0.497 e. The number of amides is 1. The molecule has 2 atom stereocenters. The molecule has 1 aliphatic heterocycles. The normalized spacial score (nSPS) is 20.4. The molecule has 23 heavy (non-hydrogen) atoms. The highest BCUT2D eigenvalue weighted by Gasteiger charge is 2.35. The minimum atomic E-state index is -0.378. The largest absolute Gasteiger partial charge is 0.497 e. The first kappa shape index (κ1) is 16.0. The van der Waals surface area contributed by atoms with Crippen LogP contribution in [0.4, 0.5) is 5.13 Å². The van der Waals surface area contributed by atoms with Gasteiger partial charge in [-0.3, -0.25) is 9.69 Å². The van der Waals surface area contributed by atoms with E-state index in [-0.39, 0.29) is 17.9 Å². The van der Waals surface area contributed by atoms with Crippen LogP contribution in [0.15, 0.2) is 35.8 Å². The highest BCUT2D eigenvalue weighted by Crippen LogP contribution is 2.27. The van der Waals surface area contributed by atoms with Gasteiger partial charge in [-0.1, -0.05) is 19.1 Å². The number of benzene rings is 1. The fraction of sp³-hybridized carbons (Fsp3) is 0.412.